The molecule has 4 rings (SSSR count). The summed E-state index contributed by atoms with van der Waals surface area (Å²) in [5.41, 5.74) is 1.52. The van der Waals surface area contributed by atoms with Crippen LogP contribution in [0.25, 0.3) is 16.9 Å². The first-order chi connectivity index (χ1) is 14.5. The number of phenolic OH excluding ortho intramolecular Hbond substituents is 1. The zero-order valence-electron chi connectivity index (χ0n) is 18.5. The first kappa shape index (κ1) is 21.2. The second kappa shape index (κ2) is 7.56. The predicted octanol–water partition coefficient (Wildman–Crippen LogP) is 3.31. The van der Waals surface area contributed by atoms with Gasteiger partial charge in [-0.15, -0.1) is 10.2 Å². The van der Waals surface area contributed by atoms with Gasteiger partial charge in [-0.3, -0.25) is 0 Å². The van der Waals surface area contributed by atoms with Crippen molar-refractivity contribution < 1.29 is 9.50 Å². The lowest BCUT2D eigenvalue weighted by Gasteiger charge is -2.48. The van der Waals surface area contributed by atoms with E-state index >= 15 is 0 Å². The highest BCUT2D eigenvalue weighted by molar-refractivity contribution is 5.68. The molecule has 164 valence electrons. The molecule has 31 heavy (non-hydrogen) atoms. The average Bonchev–Trinajstić information content (AvgIpc) is 3.11. The molecular formula is C22H28FN7O. The van der Waals surface area contributed by atoms with Gasteiger partial charge in [0.05, 0.1) is 24.3 Å². The number of hydrogen-bond donors (Lipinski definition) is 2. The van der Waals surface area contributed by atoms with Crippen LogP contribution in [-0.2, 0) is 0 Å². The van der Waals surface area contributed by atoms with E-state index in [0.717, 1.165) is 19.0 Å². The van der Waals surface area contributed by atoms with Crippen molar-refractivity contribution in [3.63, 3.8) is 0 Å². The summed E-state index contributed by atoms with van der Waals surface area (Å²) in [6.45, 7) is 8.84. The molecule has 0 radical (unpaired) electrons. The molecule has 0 saturated carbocycles. The van der Waals surface area contributed by atoms with Gasteiger partial charge in [-0.1, -0.05) is 0 Å². The number of hydrogen-bond acceptors (Lipinski definition) is 7. The van der Waals surface area contributed by atoms with E-state index in [1.165, 1.54) is 16.9 Å². The number of benzene rings is 1. The van der Waals surface area contributed by atoms with E-state index in [4.69, 9.17) is 0 Å². The lowest BCUT2D eigenvalue weighted by molar-refractivity contribution is 0.160. The van der Waals surface area contributed by atoms with Crippen LogP contribution in [0.4, 0.5) is 10.3 Å². The third-order valence-corrected chi connectivity index (χ3v) is 5.65. The Labute approximate surface area is 181 Å². The van der Waals surface area contributed by atoms with Gasteiger partial charge in [-0.25, -0.2) is 14.1 Å². The summed E-state index contributed by atoms with van der Waals surface area (Å²) >= 11 is 0. The minimum atomic E-state index is -0.445. The topological polar surface area (TPSA) is 92.0 Å². The Morgan fingerprint density at radius 2 is 1.84 bits per heavy atom. The Morgan fingerprint density at radius 3 is 2.39 bits per heavy atom. The minimum Gasteiger partial charge on any atom is -0.507 e. The molecule has 1 aliphatic rings. The second-order valence-corrected chi connectivity index (χ2v) is 9.51. The second-order valence-electron chi connectivity index (χ2n) is 9.51. The summed E-state index contributed by atoms with van der Waals surface area (Å²) in [5, 5.41) is 26.7. The Bertz CT molecular complexity index is 1060. The van der Waals surface area contributed by atoms with Gasteiger partial charge in [-0.05, 0) is 52.7 Å². The Hall–Kier alpha value is -3.07. The Kier molecular flexibility index (Phi) is 5.17. The molecule has 8 nitrogen and oxygen atoms in total. The number of halogens is 1. The maximum atomic E-state index is 13.2. The highest BCUT2D eigenvalue weighted by Gasteiger charge is 2.39. The van der Waals surface area contributed by atoms with Crippen molar-refractivity contribution in [3.05, 3.63) is 42.6 Å². The Morgan fingerprint density at radius 1 is 1.13 bits per heavy atom. The molecule has 0 amide bonds. The van der Waals surface area contributed by atoms with Crippen molar-refractivity contribution in [3.8, 4) is 22.7 Å². The quantitative estimate of drug-likeness (QED) is 0.662. The first-order valence-corrected chi connectivity index (χ1v) is 10.3. The van der Waals surface area contributed by atoms with Gasteiger partial charge in [0.2, 0.25) is 5.95 Å². The summed E-state index contributed by atoms with van der Waals surface area (Å²) in [7, 11) is 1.99. The van der Waals surface area contributed by atoms with E-state index in [1.807, 2.05) is 7.05 Å². The molecule has 3 aromatic rings. The van der Waals surface area contributed by atoms with Crippen molar-refractivity contribution in [2.45, 2.75) is 57.7 Å². The van der Waals surface area contributed by atoms with E-state index in [2.05, 4.69) is 58.2 Å². The fraction of sp³-hybridized carbons (Fsp3) is 0.455. The number of phenols is 1. The lowest BCUT2D eigenvalue weighted by Crippen LogP contribution is -2.62. The van der Waals surface area contributed by atoms with E-state index in [1.54, 1.807) is 18.3 Å². The highest BCUT2D eigenvalue weighted by Crippen LogP contribution is 2.33. The SMILES string of the molecule is CN(c1ncc(-c2ccc(-n3cc(F)cn3)cc2O)nn1)C1CC(C)(C)NC(C)(C)C1. The number of rotatable bonds is 4. The summed E-state index contributed by atoms with van der Waals surface area (Å²) in [5.74, 6) is 0.0942. The molecule has 1 aromatic carbocycles. The van der Waals surface area contributed by atoms with Crippen molar-refractivity contribution in [2.24, 2.45) is 0 Å². The van der Waals surface area contributed by atoms with Crippen LogP contribution in [0.2, 0.25) is 0 Å². The van der Waals surface area contributed by atoms with Crippen LogP contribution in [0.5, 0.6) is 5.75 Å². The van der Waals surface area contributed by atoms with Crippen LogP contribution in [0.15, 0.2) is 36.8 Å². The number of aromatic nitrogens is 5. The van der Waals surface area contributed by atoms with Crippen LogP contribution < -0.4 is 10.2 Å². The highest BCUT2D eigenvalue weighted by atomic mass is 19.1. The number of nitrogens with one attached hydrogen (secondary N) is 1. The largest absolute Gasteiger partial charge is 0.507 e. The van der Waals surface area contributed by atoms with Crippen LogP contribution >= 0.6 is 0 Å². The summed E-state index contributed by atoms with van der Waals surface area (Å²) in [6.07, 6.45) is 5.89. The zero-order chi connectivity index (χ0) is 22.4. The van der Waals surface area contributed by atoms with E-state index in [-0.39, 0.29) is 22.9 Å². The van der Waals surface area contributed by atoms with Gasteiger partial charge in [0.15, 0.2) is 5.82 Å². The Balaban J connectivity index is 1.54. The molecule has 0 unspecified atom stereocenters. The molecular weight excluding hydrogens is 397 g/mol. The zero-order valence-corrected chi connectivity index (χ0v) is 18.5. The number of anilines is 1. The van der Waals surface area contributed by atoms with E-state index in [9.17, 15) is 9.50 Å². The first-order valence-electron chi connectivity index (χ1n) is 10.3. The number of piperidine rings is 1. The lowest BCUT2D eigenvalue weighted by atomic mass is 9.79. The van der Waals surface area contributed by atoms with Gasteiger partial charge in [0, 0.05) is 35.8 Å². The summed E-state index contributed by atoms with van der Waals surface area (Å²) in [6, 6.07) is 5.20. The molecule has 0 atom stereocenters. The molecule has 9 heteroatoms. The van der Waals surface area contributed by atoms with E-state index in [0.29, 0.717) is 22.9 Å². The minimum absolute atomic E-state index is 0.00698. The molecule has 2 N–H and O–H groups in total. The van der Waals surface area contributed by atoms with Crippen molar-refractivity contribution >= 4 is 5.95 Å². The van der Waals surface area contributed by atoms with Crippen LogP contribution in [0, 0.1) is 5.82 Å². The van der Waals surface area contributed by atoms with Crippen molar-refractivity contribution in [1.82, 2.24) is 30.3 Å². The number of aromatic hydroxyl groups is 1. The maximum absolute atomic E-state index is 13.2. The van der Waals surface area contributed by atoms with Gasteiger partial charge >= 0.3 is 0 Å². The van der Waals surface area contributed by atoms with Gasteiger partial charge in [0.25, 0.3) is 0 Å². The summed E-state index contributed by atoms with van der Waals surface area (Å²) < 4.78 is 14.6. The normalized spacial score (nSPS) is 18.1. The fourth-order valence-corrected chi connectivity index (χ4v) is 4.58. The van der Waals surface area contributed by atoms with Gasteiger partial charge < -0.3 is 15.3 Å². The molecule has 0 bridgehead atoms. The molecule has 1 fully saturated rings. The maximum Gasteiger partial charge on any atom is 0.245 e. The average molecular weight is 426 g/mol. The molecule has 1 saturated heterocycles. The smallest absolute Gasteiger partial charge is 0.245 e. The molecule has 0 aliphatic carbocycles. The molecule has 2 aromatic heterocycles. The van der Waals surface area contributed by atoms with Crippen LogP contribution in [-0.4, -0.2) is 54.2 Å². The summed E-state index contributed by atoms with van der Waals surface area (Å²) in [4.78, 5) is 6.58. The third kappa shape index (κ3) is 4.51. The standard InChI is InChI=1S/C22H28FN7O/c1-21(2)9-16(10-22(3,4)28-21)29(5)20-24-12-18(26-27-20)17-7-6-15(8-19(17)31)30-13-14(23)11-25-30/h6-8,11-13,16,28,31H,9-10H2,1-5H3. The van der Waals surface area contributed by atoms with Crippen LogP contribution in [0.1, 0.15) is 40.5 Å². The third-order valence-electron chi connectivity index (χ3n) is 5.65. The molecule has 3 heterocycles. The van der Waals surface area contributed by atoms with Crippen molar-refractivity contribution in [1.29, 1.82) is 0 Å². The molecule has 0 spiro atoms. The van der Waals surface area contributed by atoms with Gasteiger partial charge in [-0.2, -0.15) is 5.10 Å². The predicted molar refractivity (Wildman–Crippen MR) is 117 cm³/mol. The van der Waals surface area contributed by atoms with Crippen molar-refractivity contribution in [2.75, 3.05) is 11.9 Å². The van der Waals surface area contributed by atoms with E-state index < -0.39 is 5.82 Å². The van der Waals surface area contributed by atoms with Gasteiger partial charge in [0.1, 0.15) is 11.4 Å². The monoisotopic (exact) mass is 425 g/mol. The fourth-order valence-electron chi connectivity index (χ4n) is 4.58. The molecule has 1 aliphatic heterocycles. The van der Waals surface area contributed by atoms with Crippen LogP contribution in [0.3, 0.4) is 0 Å². The number of nitrogens with zero attached hydrogens (tertiary/aromatic N) is 6.